The van der Waals surface area contributed by atoms with Crippen LogP contribution in [0.3, 0.4) is 0 Å². The fourth-order valence-electron chi connectivity index (χ4n) is 4.06. The molecule has 1 aromatic heterocycles. The standard InChI is InChI=1S/C28H30O8/c1-14(2)8-10-18-20(34-16(5)29)12-22-25(26(18)31)27(32)24-19(11-9-15(3)4)28(33-7)23(35-17(6)30)13-21(24)36-22/h12-13,31H,1,3,8-11H2,2,4-7H3. The normalized spacial score (nSPS) is 10.9. The van der Waals surface area contributed by atoms with Crippen LogP contribution >= 0.6 is 0 Å². The van der Waals surface area contributed by atoms with E-state index in [1.807, 2.05) is 13.8 Å². The Bertz CT molecular complexity index is 1460. The molecule has 0 saturated heterocycles. The van der Waals surface area contributed by atoms with Crippen LogP contribution in [-0.4, -0.2) is 24.2 Å². The number of phenolic OH excluding ortho intramolecular Hbond substituents is 1. The molecule has 1 N–H and O–H groups in total. The molecule has 0 amide bonds. The smallest absolute Gasteiger partial charge is 0.308 e. The van der Waals surface area contributed by atoms with Gasteiger partial charge in [0.25, 0.3) is 0 Å². The monoisotopic (exact) mass is 494 g/mol. The van der Waals surface area contributed by atoms with Crippen molar-refractivity contribution in [2.45, 2.75) is 53.4 Å². The van der Waals surface area contributed by atoms with Crippen molar-refractivity contribution in [1.82, 2.24) is 0 Å². The topological polar surface area (TPSA) is 112 Å². The van der Waals surface area contributed by atoms with Gasteiger partial charge in [-0.25, -0.2) is 0 Å². The van der Waals surface area contributed by atoms with E-state index < -0.39 is 17.4 Å². The summed E-state index contributed by atoms with van der Waals surface area (Å²) in [5.74, 6) is -1.07. The van der Waals surface area contributed by atoms with E-state index in [2.05, 4.69) is 13.2 Å². The van der Waals surface area contributed by atoms with Gasteiger partial charge >= 0.3 is 11.9 Å². The molecule has 0 spiro atoms. The molecular formula is C28H30O8. The van der Waals surface area contributed by atoms with Gasteiger partial charge in [-0.2, -0.15) is 0 Å². The number of ether oxygens (including phenoxy) is 3. The predicted molar refractivity (Wildman–Crippen MR) is 137 cm³/mol. The van der Waals surface area contributed by atoms with Gasteiger partial charge in [-0.1, -0.05) is 11.1 Å². The third-order valence-electron chi connectivity index (χ3n) is 5.63. The van der Waals surface area contributed by atoms with Crippen molar-refractivity contribution in [1.29, 1.82) is 0 Å². The van der Waals surface area contributed by atoms with Gasteiger partial charge in [0.2, 0.25) is 5.43 Å². The summed E-state index contributed by atoms with van der Waals surface area (Å²) in [7, 11) is 1.42. The number of carbonyl (C=O) groups excluding carboxylic acids is 2. The summed E-state index contributed by atoms with van der Waals surface area (Å²) in [4.78, 5) is 37.3. The number of hydrogen-bond acceptors (Lipinski definition) is 8. The third kappa shape index (κ3) is 5.43. The molecule has 0 aliphatic rings. The molecule has 190 valence electrons. The molecule has 36 heavy (non-hydrogen) atoms. The number of rotatable bonds is 9. The zero-order valence-corrected chi connectivity index (χ0v) is 21.2. The maximum Gasteiger partial charge on any atom is 0.308 e. The molecule has 0 fully saturated rings. The Balaban J connectivity index is 2.46. The lowest BCUT2D eigenvalue weighted by Crippen LogP contribution is -2.11. The van der Waals surface area contributed by atoms with Crippen LogP contribution in [0.2, 0.25) is 0 Å². The van der Waals surface area contributed by atoms with Gasteiger partial charge < -0.3 is 23.7 Å². The summed E-state index contributed by atoms with van der Waals surface area (Å²) < 4.78 is 22.3. The van der Waals surface area contributed by atoms with Crippen molar-refractivity contribution >= 4 is 33.9 Å². The summed E-state index contributed by atoms with van der Waals surface area (Å²) in [6.07, 6.45) is 1.70. The summed E-state index contributed by atoms with van der Waals surface area (Å²) in [5, 5.41) is 11.4. The van der Waals surface area contributed by atoms with Crippen LogP contribution in [0.5, 0.6) is 23.0 Å². The molecule has 0 atom stereocenters. The highest BCUT2D eigenvalue weighted by atomic mass is 16.6. The molecule has 0 unspecified atom stereocenters. The molecule has 3 rings (SSSR count). The van der Waals surface area contributed by atoms with Crippen molar-refractivity contribution < 1.29 is 33.3 Å². The second kappa shape index (κ2) is 10.7. The van der Waals surface area contributed by atoms with E-state index in [4.69, 9.17) is 18.6 Å². The Morgan fingerprint density at radius 2 is 1.36 bits per heavy atom. The fraction of sp³-hybridized carbons (Fsp3) is 0.321. The van der Waals surface area contributed by atoms with Crippen LogP contribution in [0, 0.1) is 0 Å². The van der Waals surface area contributed by atoms with Crippen LogP contribution < -0.4 is 19.6 Å². The number of carbonyl (C=O) groups is 2. The maximum atomic E-state index is 13.9. The SMILES string of the molecule is C=C(C)CCc1c(OC(C)=O)cc2oc3cc(OC(C)=O)c(OC)c(CCC(=C)C)c3c(=O)c2c1O. The second-order valence-corrected chi connectivity index (χ2v) is 8.87. The molecule has 0 aliphatic carbocycles. The van der Waals surface area contributed by atoms with Gasteiger partial charge in [0.15, 0.2) is 11.5 Å². The van der Waals surface area contributed by atoms with Crippen LogP contribution in [0.1, 0.15) is 51.7 Å². The summed E-state index contributed by atoms with van der Waals surface area (Å²) in [6, 6.07) is 2.81. The zero-order chi connectivity index (χ0) is 26.7. The molecule has 8 nitrogen and oxygen atoms in total. The van der Waals surface area contributed by atoms with Crippen LogP contribution in [0.4, 0.5) is 0 Å². The van der Waals surface area contributed by atoms with E-state index in [0.29, 0.717) is 36.8 Å². The van der Waals surface area contributed by atoms with Crippen LogP contribution in [0.25, 0.3) is 21.9 Å². The lowest BCUT2D eigenvalue weighted by Gasteiger charge is -2.17. The lowest BCUT2D eigenvalue weighted by atomic mass is 9.97. The van der Waals surface area contributed by atoms with E-state index in [-0.39, 0.29) is 44.9 Å². The van der Waals surface area contributed by atoms with E-state index in [1.54, 1.807) is 0 Å². The number of hydrogen-bond donors (Lipinski definition) is 1. The van der Waals surface area contributed by atoms with Gasteiger partial charge in [-0.3, -0.25) is 14.4 Å². The number of esters is 2. The number of allylic oxidation sites excluding steroid dienone is 2. The van der Waals surface area contributed by atoms with E-state index in [0.717, 1.165) is 11.1 Å². The first kappa shape index (κ1) is 26.5. The number of benzene rings is 2. The molecule has 3 aromatic rings. The molecule has 0 saturated carbocycles. The van der Waals surface area contributed by atoms with Crippen molar-refractivity contribution in [3.8, 4) is 23.0 Å². The molecule has 0 radical (unpaired) electrons. The highest BCUT2D eigenvalue weighted by Gasteiger charge is 2.25. The first-order valence-electron chi connectivity index (χ1n) is 11.4. The Morgan fingerprint density at radius 3 is 1.89 bits per heavy atom. The van der Waals surface area contributed by atoms with Crippen molar-refractivity contribution in [2.75, 3.05) is 7.11 Å². The number of phenols is 1. The molecule has 1 heterocycles. The van der Waals surface area contributed by atoms with Gasteiger partial charge in [-0.15, -0.1) is 13.2 Å². The van der Waals surface area contributed by atoms with Crippen molar-refractivity contribution in [3.05, 3.63) is 57.8 Å². The van der Waals surface area contributed by atoms with E-state index in [9.17, 15) is 19.5 Å². The summed E-state index contributed by atoms with van der Waals surface area (Å²) in [6.45, 7) is 14.0. The number of aryl methyl sites for hydroxylation is 1. The average Bonchev–Trinajstić information content (AvgIpc) is 2.75. The predicted octanol–water partition coefficient (Wildman–Crippen LogP) is 5.53. The largest absolute Gasteiger partial charge is 0.507 e. The zero-order valence-electron chi connectivity index (χ0n) is 21.2. The summed E-state index contributed by atoms with van der Waals surface area (Å²) in [5.41, 5.74) is 2.17. The quantitative estimate of drug-likeness (QED) is 0.179. The average molecular weight is 495 g/mol. The maximum absolute atomic E-state index is 13.9. The molecule has 2 aromatic carbocycles. The second-order valence-electron chi connectivity index (χ2n) is 8.87. The highest BCUT2D eigenvalue weighted by Crippen LogP contribution is 2.42. The van der Waals surface area contributed by atoms with E-state index in [1.165, 1.54) is 33.1 Å². The minimum absolute atomic E-state index is 0.0186. The first-order valence-corrected chi connectivity index (χ1v) is 11.4. The summed E-state index contributed by atoms with van der Waals surface area (Å²) >= 11 is 0. The highest BCUT2D eigenvalue weighted by molar-refractivity contribution is 5.98. The molecule has 0 aliphatic heterocycles. The van der Waals surface area contributed by atoms with E-state index >= 15 is 0 Å². The van der Waals surface area contributed by atoms with Gasteiger partial charge in [-0.05, 0) is 39.5 Å². The van der Waals surface area contributed by atoms with Crippen molar-refractivity contribution in [3.63, 3.8) is 0 Å². The number of aromatic hydroxyl groups is 1. The Morgan fingerprint density at radius 1 is 0.861 bits per heavy atom. The third-order valence-corrected chi connectivity index (χ3v) is 5.63. The van der Waals surface area contributed by atoms with Gasteiger partial charge in [0.1, 0.15) is 28.1 Å². The molecular weight excluding hydrogens is 464 g/mol. The molecule has 8 heteroatoms. The van der Waals surface area contributed by atoms with Crippen molar-refractivity contribution in [2.24, 2.45) is 0 Å². The fourth-order valence-corrected chi connectivity index (χ4v) is 4.06. The number of methoxy groups -OCH3 is 1. The molecule has 0 bridgehead atoms. The Hall–Kier alpha value is -4.07. The number of fused-ring (bicyclic) bond motifs is 2. The Kier molecular flexibility index (Phi) is 7.87. The minimum Gasteiger partial charge on any atom is -0.507 e. The first-order chi connectivity index (χ1) is 16.9. The van der Waals surface area contributed by atoms with Gasteiger partial charge in [0, 0.05) is 37.1 Å². The Labute approximate surface area is 208 Å². The van der Waals surface area contributed by atoms with Crippen LogP contribution in [0.15, 0.2) is 45.6 Å². The van der Waals surface area contributed by atoms with Gasteiger partial charge in [0.05, 0.1) is 12.5 Å². The van der Waals surface area contributed by atoms with Crippen LogP contribution in [-0.2, 0) is 22.4 Å². The minimum atomic E-state index is -0.586. The lowest BCUT2D eigenvalue weighted by molar-refractivity contribution is -0.132.